The standard InChI is InChI=1S/C15H21NO3/c1-10(2)8-16(9-14(17)18)15(19)13-6-5-11(3)7-12(13)4/h5-7,10H,8-9H2,1-4H3,(H,17,18). The summed E-state index contributed by atoms with van der Waals surface area (Å²) in [5, 5.41) is 8.91. The summed E-state index contributed by atoms with van der Waals surface area (Å²) in [4.78, 5) is 24.7. The van der Waals surface area contributed by atoms with Crippen LogP contribution in [0.3, 0.4) is 0 Å². The van der Waals surface area contributed by atoms with E-state index in [9.17, 15) is 9.59 Å². The molecule has 0 aliphatic rings. The van der Waals surface area contributed by atoms with Gasteiger partial charge in [0.2, 0.25) is 0 Å². The fourth-order valence-corrected chi connectivity index (χ4v) is 2.05. The molecular formula is C15H21NO3. The van der Waals surface area contributed by atoms with Crippen LogP contribution in [0.4, 0.5) is 0 Å². The highest BCUT2D eigenvalue weighted by atomic mass is 16.4. The molecule has 4 nitrogen and oxygen atoms in total. The van der Waals surface area contributed by atoms with E-state index in [4.69, 9.17) is 5.11 Å². The van der Waals surface area contributed by atoms with Crippen molar-refractivity contribution in [1.82, 2.24) is 4.90 Å². The van der Waals surface area contributed by atoms with E-state index in [0.717, 1.165) is 11.1 Å². The summed E-state index contributed by atoms with van der Waals surface area (Å²) in [5.74, 6) is -0.971. The summed E-state index contributed by atoms with van der Waals surface area (Å²) in [6, 6.07) is 5.57. The molecule has 104 valence electrons. The van der Waals surface area contributed by atoms with E-state index in [-0.39, 0.29) is 18.4 Å². The maximum Gasteiger partial charge on any atom is 0.323 e. The summed E-state index contributed by atoms with van der Waals surface area (Å²) < 4.78 is 0. The van der Waals surface area contributed by atoms with Gasteiger partial charge in [0.1, 0.15) is 6.54 Å². The van der Waals surface area contributed by atoms with Gasteiger partial charge in [0.25, 0.3) is 5.91 Å². The van der Waals surface area contributed by atoms with E-state index >= 15 is 0 Å². The SMILES string of the molecule is Cc1ccc(C(=O)N(CC(=O)O)CC(C)C)c(C)c1. The van der Waals surface area contributed by atoms with Crippen molar-refractivity contribution in [2.75, 3.05) is 13.1 Å². The van der Waals surface area contributed by atoms with Gasteiger partial charge in [0, 0.05) is 12.1 Å². The van der Waals surface area contributed by atoms with Crippen molar-refractivity contribution in [3.63, 3.8) is 0 Å². The molecule has 0 bridgehead atoms. The molecule has 0 spiro atoms. The Morgan fingerprint density at radius 2 is 1.89 bits per heavy atom. The highest BCUT2D eigenvalue weighted by Gasteiger charge is 2.20. The molecule has 1 aromatic carbocycles. The molecule has 0 unspecified atom stereocenters. The van der Waals surface area contributed by atoms with Crippen molar-refractivity contribution in [2.45, 2.75) is 27.7 Å². The Labute approximate surface area is 114 Å². The number of benzene rings is 1. The van der Waals surface area contributed by atoms with Crippen molar-refractivity contribution >= 4 is 11.9 Å². The van der Waals surface area contributed by atoms with Crippen LogP contribution in [0.2, 0.25) is 0 Å². The van der Waals surface area contributed by atoms with Crippen LogP contribution in [0.15, 0.2) is 18.2 Å². The molecule has 0 heterocycles. The second kappa shape index (κ2) is 6.36. The summed E-state index contributed by atoms with van der Waals surface area (Å²) in [5.41, 5.74) is 2.54. The molecular weight excluding hydrogens is 242 g/mol. The molecule has 0 saturated carbocycles. The van der Waals surface area contributed by atoms with Gasteiger partial charge >= 0.3 is 5.97 Å². The number of carbonyl (C=O) groups is 2. The maximum absolute atomic E-state index is 12.4. The van der Waals surface area contributed by atoms with Crippen molar-refractivity contribution < 1.29 is 14.7 Å². The van der Waals surface area contributed by atoms with E-state index in [2.05, 4.69) is 0 Å². The molecule has 1 amide bonds. The van der Waals surface area contributed by atoms with Crippen LogP contribution in [0.5, 0.6) is 0 Å². The first-order chi connectivity index (χ1) is 8.81. The van der Waals surface area contributed by atoms with Crippen LogP contribution in [-0.4, -0.2) is 35.0 Å². The second-order valence-corrected chi connectivity index (χ2v) is 5.29. The lowest BCUT2D eigenvalue weighted by atomic mass is 10.0. The zero-order valence-electron chi connectivity index (χ0n) is 11.9. The van der Waals surface area contributed by atoms with Gasteiger partial charge in [0.15, 0.2) is 0 Å². The third kappa shape index (κ3) is 4.39. The van der Waals surface area contributed by atoms with Crippen molar-refractivity contribution in [3.8, 4) is 0 Å². The van der Waals surface area contributed by atoms with Gasteiger partial charge in [-0.2, -0.15) is 0 Å². The number of aryl methyl sites for hydroxylation is 2. The van der Waals surface area contributed by atoms with Crippen LogP contribution < -0.4 is 0 Å². The Bertz CT molecular complexity index is 480. The van der Waals surface area contributed by atoms with E-state index < -0.39 is 5.97 Å². The smallest absolute Gasteiger partial charge is 0.323 e. The van der Waals surface area contributed by atoms with Crippen LogP contribution in [0, 0.1) is 19.8 Å². The summed E-state index contributed by atoms with van der Waals surface area (Å²) in [6.45, 7) is 7.94. The lowest BCUT2D eigenvalue weighted by Crippen LogP contribution is -2.38. The highest BCUT2D eigenvalue weighted by Crippen LogP contribution is 2.14. The molecule has 1 rings (SSSR count). The molecule has 1 aromatic rings. The molecule has 4 heteroatoms. The molecule has 0 fully saturated rings. The number of rotatable bonds is 5. The predicted molar refractivity (Wildman–Crippen MR) is 74.3 cm³/mol. The number of carbonyl (C=O) groups excluding carboxylic acids is 1. The lowest BCUT2D eigenvalue weighted by molar-refractivity contribution is -0.137. The van der Waals surface area contributed by atoms with Crippen LogP contribution >= 0.6 is 0 Å². The Morgan fingerprint density at radius 3 is 2.37 bits per heavy atom. The van der Waals surface area contributed by atoms with Gasteiger partial charge in [0.05, 0.1) is 0 Å². The predicted octanol–water partition coefficient (Wildman–Crippen LogP) is 2.49. The van der Waals surface area contributed by atoms with Gasteiger partial charge in [-0.15, -0.1) is 0 Å². The Kier molecular flexibility index (Phi) is 5.10. The monoisotopic (exact) mass is 263 g/mol. The fraction of sp³-hybridized carbons (Fsp3) is 0.467. The number of aliphatic carboxylic acids is 1. The largest absolute Gasteiger partial charge is 0.480 e. The fourth-order valence-electron chi connectivity index (χ4n) is 2.05. The molecule has 0 aliphatic carbocycles. The minimum Gasteiger partial charge on any atom is -0.480 e. The molecule has 19 heavy (non-hydrogen) atoms. The van der Waals surface area contributed by atoms with Gasteiger partial charge < -0.3 is 10.0 Å². The van der Waals surface area contributed by atoms with E-state index in [1.165, 1.54) is 4.90 Å². The molecule has 0 atom stereocenters. The first kappa shape index (κ1) is 15.2. The van der Waals surface area contributed by atoms with Gasteiger partial charge in [-0.3, -0.25) is 9.59 Å². The lowest BCUT2D eigenvalue weighted by Gasteiger charge is -2.23. The Hall–Kier alpha value is -1.84. The zero-order valence-corrected chi connectivity index (χ0v) is 11.9. The van der Waals surface area contributed by atoms with Crippen LogP contribution in [0.25, 0.3) is 0 Å². The quantitative estimate of drug-likeness (QED) is 0.888. The van der Waals surface area contributed by atoms with Crippen molar-refractivity contribution in [1.29, 1.82) is 0 Å². The van der Waals surface area contributed by atoms with Gasteiger partial charge in [-0.1, -0.05) is 31.5 Å². The van der Waals surface area contributed by atoms with E-state index in [1.54, 1.807) is 6.07 Å². The van der Waals surface area contributed by atoms with Crippen LogP contribution in [-0.2, 0) is 4.79 Å². The summed E-state index contributed by atoms with van der Waals surface area (Å²) >= 11 is 0. The minimum atomic E-state index is -0.987. The van der Waals surface area contributed by atoms with Gasteiger partial charge in [-0.05, 0) is 31.4 Å². The molecule has 0 aromatic heterocycles. The number of amides is 1. The third-order valence-corrected chi connectivity index (χ3v) is 2.81. The van der Waals surface area contributed by atoms with Crippen molar-refractivity contribution in [3.05, 3.63) is 34.9 Å². The topological polar surface area (TPSA) is 57.6 Å². The minimum absolute atomic E-state index is 0.214. The third-order valence-electron chi connectivity index (χ3n) is 2.81. The zero-order chi connectivity index (χ0) is 14.6. The number of hydrogen-bond acceptors (Lipinski definition) is 2. The van der Waals surface area contributed by atoms with E-state index in [0.29, 0.717) is 12.1 Å². The molecule has 0 radical (unpaired) electrons. The van der Waals surface area contributed by atoms with Crippen LogP contribution in [0.1, 0.15) is 35.3 Å². The maximum atomic E-state index is 12.4. The first-order valence-electron chi connectivity index (χ1n) is 6.39. The molecule has 1 N–H and O–H groups in total. The van der Waals surface area contributed by atoms with Crippen molar-refractivity contribution in [2.24, 2.45) is 5.92 Å². The number of carboxylic acids is 1. The first-order valence-corrected chi connectivity index (χ1v) is 6.39. The average molecular weight is 263 g/mol. The molecule has 0 aliphatic heterocycles. The summed E-state index contributed by atoms with van der Waals surface area (Å²) in [6.07, 6.45) is 0. The second-order valence-electron chi connectivity index (χ2n) is 5.29. The van der Waals surface area contributed by atoms with E-state index in [1.807, 2.05) is 39.8 Å². The average Bonchev–Trinajstić information content (AvgIpc) is 2.26. The number of hydrogen-bond donors (Lipinski definition) is 1. The Balaban J connectivity index is 3.00. The van der Waals surface area contributed by atoms with Gasteiger partial charge in [-0.25, -0.2) is 0 Å². The number of carboxylic acid groups (broad SMARTS) is 1. The Morgan fingerprint density at radius 1 is 1.26 bits per heavy atom. The summed E-state index contributed by atoms with van der Waals surface area (Å²) in [7, 11) is 0. The molecule has 0 saturated heterocycles. The normalized spacial score (nSPS) is 10.6. The highest BCUT2D eigenvalue weighted by molar-refractivity contribution is 5.97. The number of nitrogens with zero attached hydrogens (tertiary/aromatic N) is 1.